The molecule has 5 nitrogen and oxygen atoms in total. The molecule has 3 rings (SSSR count). The van der Waals surface area contributed by atoms with E-state index < -0.39 is 13.9 Å². The molecule has 132 valence electrons. The zero-order chi connectivity index (χ0) is 17.9. The van der Waals surface area contributed by atoms with Gasteiger partial charge in [-0.2, -0.15) is 0 Å². The van der Waals surface area contributed by atoms with Gasteiger partial charge in [0.15, 0.2) is 11.9 Å². The molecule has 1 aliphatic heterocycles. The molecule has 1 heterocycles. The molecule has 0 saturated carbocycles. The summed E-state index contributed by atoms with van der Waals surface area (Å²) in [6.45, 7) is 4.37. The van der Waals surface area contributed by atoms with Crippen molar-refractivity contribution in [2.24, 2.45) is 5.41 Å². The predicted molar refractivity (Wildman–Crippen MR) is 94.3 cm³/mol. The Bertz CT molecular complexity index is 759. The third-order valence-electron chi connectivity index (χ3n) is 3.86. The van der Waals surface area contributed by atoms with E-state index in [4.69, 9.17) is 13.6 Å². The maximum absolute atomic E-state index is 12.9. The smallest absolute Gasteiger partial charge is 0.291 e. The van der Waals surface area contributed by atoms with Crippen LogP contribution < -0.4 is 0 Å². The van der Waals surface area contributed by atoms with Gasteiger partial charge in [-0.3, -0.25) is 18.4 Å². The van der Waals surface area contributed by atoms with E-state index in [0.29, 0.717) is 11.1 Å². The lowest BCUT2D eigenvalue weighted by Gasteiger charge is -2.34. The van der Waals surface area contributed by atoms with E-state index in [9.17, 15) is 9.36 Å². The minimum atomic E-state index is -3.81. The number of phosphoric ester groups is 1. The number of rotatable bonds is 5. The van der Waals surface area contributed by atoms with Gasteiger partial charge in [-0.15, -0.1) is 0 Å². The lowest BCUT2D eigenvalue weighted by atomic mass is 9.97. The third kappa shape index (κ3) is 4.44. The first-order chi connectivity index (χ1) is 11.9. The van der Waals surface area contributed by atoms with Gasteiger partial charge in [-0.25, -0.2) is 4.57 Å². The molecule has 1 saturated heterocycles. The SMILES string of the molecule is CC1(C)COP(=O)(OC(C(=O)c2ccccc2)c2ccccc2)OC1. The Morgan fingerprint density at radius 3 is 2.08 bits per heavy atom. The van der Waals surface area contributed by atoms with Gasteiger partial charge in [0.2, 0.25) is 0 Å². The number of phosphoric acid groups is 1. The summed E-state index contributed by atoms with van der Waals surface area (Å²) in [7, 11) is -3.81. The van der Waals surface area contributed by atoms with E-state index >= 15 is 0 Å². The second-order valence-corrected chi connectivity index (χ2v) is 8.41. The standard InChI is InChI=1S/C19H21O5P/c1-19(2)13-22-25(21,23-14-19)24-18(16-11-7-4-8-12-16)17(20)15-9-5-3-6-10-15/h3-12,18H,13-14H2,1-2H3. The highest BCUT2D eigenvalue weighted by Crippen LogP contribution is 2.57. The predicted octanol–water partition coefficient (Wildman–Crippen LogP) is 4.81. The molecule has 0 amide bonds. The van der Waals surface area contributed by atoms with Crippen molar-refractivity contribution < 1.29 is 22.9 Å². The van der Waals surface area contributed by atoms with Gasteiger partial charge in [0.25, 0.3) is 0 Å². The van der Waals surface area contributed by atoms with Crippen molar-refractivity contribution >= 4 is 13.6 Å². The van der Waals surface area contributed by atoms with E-state index in [1.807, 2.05) is 26.0 Å². The van der Waals surface area contributed by atoms with Gasteiger partial charge in [0, 0.05) is 11.0 Å². The molecule has 0 bridgehead atoms. The number of carbonyl (C=O) groups excluding carboxylic acids is 1. The molecule has 1 unspecified atom stereocenters. The fraction of sp³-hybridized carbons (Fsp3) is 0.316. The highest BCUT2D eigenvalue weighted by atomic mass is 31.2. The molecular weight excluding hydrogens is 339 g/mol. The second-order valence-electron chi connectivity index (χ2n) is 6.78. The Morgan fingerprint density at radius 1 is 1.00 bits per heavy atom. The van der Waals surface area contributed by atoms with Gasteiger partial charge >= 0.3 is 7.82 Å². The van der Waals surface area contributed by atoms with Gasteiger partial charge < -0.3 is 0 Å². The Balaban J connectivity index is 1.88. The number of Topliss-reactive ketones (excluding diaryl/α,β-unsaturated/α-hetero) is 1. The van der Waals surface area contributed by atoms with Crippen LogP contribution in [-0.2, 0) is 18.1 Å². The molecule has 25 heavy (non-hydrogen) atoms. The fourth-order valence-corrected chi connectivity index (χ4v) is 4.11. The van der Waals surface area contributed by atoms with Crippen LogP contribution in [0.5, 0.6) is 0 Å². The average Bonchev–Trinajstić information content (AvgIpc) is 2.64. The molecule has 2 aromatic rings. The average molecular weight is 360 g/mol. The van der Waals surface area contributed by atoms with Crippen LogP contribution in [0.4, 0.5) is 0 Å². The van der Waals surface area contributed by atoms with Crippen LogP contribution in [0.1, 0.15) is 35.9 Å². The molecule has 0 aliphatic carbocycles. The Kier molecular flexibility index (Phi) is 5.21. The normalized spacial score (nSPS) is 19.9. The number of carbonyl (C=O) groups is 1. The number of hydrogen-bond donors (Lipinski definition) is 0. The molecule has 1 aliphatic rings. The first-order valence-electron chi connectivity index (χ1n) is 8.10. The molecular formula is C19H21O5P. The maximum Gasteiger partial charge on any atom is 0.475 e. The minimum Gasteiger partial charge on any atom is -0.291 e. The monoisotopic (exact) mass is 360 g/mol. The van der Waals surface area contributed by atoms with Crippen molar-refractivity contribution in [1.82, 2.24) is 0 Å². The zero-order valence-electron chi connectivity index (χ0n) is 14.3. The molecule has 0 aromatic heterocycles. The molecule has 0 N–H and O–H groups in total. The Morgan fingerprint density at radius 2 is 1.52 bits per heavy atom. The molecule has 0 radical (unpaired) electrons. The minimum absolute atomic E-state index is 0.241. The van der Waals surface area contributed by atoms with E-state index in [1.54, 1.807) is 48.5 Å². The topological polar surface area (TPSA) is 61.8 Å². The summed E-state index contributed by atoms with van der Waals surface area (Å²) in [5.74, 6) is -0.293. The number of ketones is 1. The summed E-state index contributed by atoms with van der Waals surface area (Å²) in [5, 5.41) is 0. The van der Waals surface area contributed by atoms with Crippen molar-refractivity contribution in [3.05, 3.63) is 71.8 Å². The first kappa shape index (κ1) is 18.0. The summed E-state index contributed by atoms with van der Waals surface area (Å²) in [4.78, 5) is 12.9. The van der Waals surface area contributed by atoms with Crippen LogP contribution in [0.25, 0.3) is 0 Å². The van der Waals surface area contributed by atoms with Crippen molar-refractivity contribution in [3.63, 3.8) is 0 Å². The molecule has 1 atom stereocenters. The van der Waals surface area contributed by atoms with E-state index in [2.05, 4.69) is 0 Å². The van der Waals surface area contributed by atoms with Crippen LogP contribution in [0.3, 0.4) is 0 Å². The van der Waals surface area contributed by atoms with E-state index in [1.165, 1.54) is 0 Å². The summed E-state index contributed by atoms with van der Waals surface area (Å²) in [5.41, 5.74) is 0.826. The Labute approximate surface area is 147 Å². The fourth-order valence-electron chi connectivity index (χ4n) is 2.42. The summed E-state index contributed by atoms with van der Waals surface area (Å²) < 4.78 is 29.2. The summed E-state index contributed by atoms with van der Waals surface area (Å²) >= 11 is 0. The van der Waals surface area contributed by atoms with Crippen LogP contribution in [0, 0.1) is 5.41 Å². The first-order valence-corrected chi connectivity index (χ1v) is 9.56. The lowest BCUT2D eigenvalue weighted by Crippen LogP contribution is -2.30. The molecule has 6 heteroatoms. The van der Waals surface area contributed by atoms with Gasteiger partial charge in [-0.1, -0.05) is 74.5 Å². The van der Waals surface area contributed by atoms with Gasteiger partial charge in [0.05, 0.1) is 13.2 Å². The van der Waals surface area contributed by atoms with Gasteiger partial charge in [0.1, 0.15) is 0 Å². The molecule has 1 fully saturated rings. The molecule has 0 spiro atoms. The van der Waals surface area contributed by atoms with E-state index in [-0.39, 0.29) is 24.4 Å². The molecule has 2 aromatic carbocycles. The summed E-state index contributed by atoms with van der Waals surface area (Å²) in [6.07, 6.45) is -1.06. The van der Waals surface area contributed by atoms with Crippen molar-refractivity contribution in [1.29, 1.82) is 0 Å². The Hall–Kier alpha value is -1.78. The highest BCUT2D eigenvalue weighted by molar-refractivity contribution is 7.48. The maximum atomic E-state index is 12.9. The largest absolute Gasteiger partial charge is 0.475 e. The lowest BCUT2D eigenvalue weighted by molar-refractivity contribution is -0.00975. The van der Waals surface area contributed by atoms with Crippen LogP contribution >= 0.6 is 7.82 Å². The number of benzene rings is 2. The third-order valence-corrected chi connectivity index (χ3v) is 5.22. The van der Waals surface area contributed by atoms with Crippen molar-refractivity contribution in [2.45, 2.75) is 20.0 Å². The zero-order valence-corrected chi connectivity index (χ0v) is 15.1. The highest BCUT2D eigenvalue weighted by Gasteiger charge is 2.42. The van der Waals surface area contributed by atoms with Gasteiger partial charge in [-0.05, 0) is 5.56 Å². The van der Waals surface area contributed by atoms with Crippen molar-refractivity contribution in [3.8, 4) is 0 Å². The number of hydrogen-bond acceptors (Lipinski definition) is 5. The van der Waals surface area contributed by atoms with Crippen LogP contribution in [0.2, 0.25) is 0 Å². The van der Waals surface area contributed by atoms with E-state index in [0.717, 1.165) is 0 Å². The van der Waals surface area contributed by atoms with Crippen molar-refractivity contribution in [2.75, 3.05) is 13.2 Å². The van der Waals surface area contributed by atoms with Crippen LogP contribution in [0.15, 0.2) is 60.7 Å². The summed E-state index contributed by atoms with van der Waals surface area (Å²) in [6, 6.07) is 17.7. The second kappa shape index (κ2) is 7.22. The quantitative estimate of drug-likeness (QED) is 0.566. The van der Waals surface area contributed by atoms with Crippen LogP contribution in [-0.4, -0.2) is 19.0 Å².